The minimum atomic E-state index is 0.224. The fraction of sp³-hybridized carbons (Fsp3) is 0.500. The third kappa shape index (κ3) is 1.77. The largest absolute Gasteiger partial charge is 0.396 e. The van der Waals surface area contributed by atoms with Crippen molar-refractivity contribution in [3.05, 3.63) is 16.6 Å². The van der Waals surface area contributed by atoms with Gasteiger partial charge in [-0.2, -0.15) is 4.37 Å². The van der Waals surface area contributed by atoms with Gasteiger partial charge in [-0.1, -0.05) is 0 Å². The van der Waals surface area contributed by atoms with E-state index in [0.29, 0.717) is 0 Å². The van der Waals surface area contributed by atoms with Gasteiger partial charge in [-0.25, -0.2) is 0 Å². The van der Waals surface area contributed by atoms with E-state index in [-0.39, 0.29) is 6.61 Å². The van der Waals surface area contributed by atoms with Crippen molar-refractivity contribution in [1.29, 1.82) is 0 Å². The van der Waals surface area contributed by atoms with E-state index in [0.717, 1.165) is 17.0 Å². The zero-order chi connectivity index (χ0) is 6.69. The van der Waals surface area contributed by atoms with Crippen LogP contribution in [0.3, 0.4) is 0 Å². The molecule has 0 aromatic carbocycles. The van der Waals surface area contributed by atoms with Crippen LogP contribution in [-0.4, -0.2) is 16.1 Å². The first-order valence-corrected chi connectivity index (χ1v) is 3.63. The Morgan fingerprint density at radius 3 is 3.00 bits per heavy atom. The molecule has 50 valence electrons. The molecule has 0 saturated heterocycles. The fourth-order valence-corrected chi connectivity index (χ4v) is 1.36. The Morgan fingerprint density at radius 2 is 2.56 bits per heavy atom. The van der Waals surface area contributed by atoms with Crippen molar-refractivity contribution in [2.75, 3.05) is 6.61 Å². The summed E-state index contributed by atoms with van der Waals surface area (Å²) in [6.45, 7) is 2.18. The van der Waals surface area contributed by atoms with E-state index in [9.17, 15) is 0 Å². The van der Waals surface area contributed by atoms with Gasteiger partial charge in [0.05, 0.1) is 5.69 Å². The van der Waals surface area contributed by atoms with Crippen LogP contribution in [-0.2, 0) is 6.42 Å². The van der Waals surface area contributed by atoms with Gasteiger partial charge in [-0.15, -0.1) is 0 Å². The Hall–Kier alpha value is -0.410. The highest BCUT2D eigenvalue weighted by Crippen LogP contribution is 2.08. The van der Waals surface area contributed by atoms with Gasteiger partial charge in [0, 0.05) is 17.9 Å². The highest BCUT2D eigenvalue weighted by atomic mass is 32.1. The molecule has 9 heavy (non-hydrogen) atoms. The highest BCUT2D eigenvalue weighted by Gasteiger charge is 1.94. The predicted octanol–water partition coefficient (Wildman–Crippen LogP) is 0.986. The molecular weight excluding hydrogens is 134 g/mol. The number of nitrogens with zero attached hydrogens (tertiary/aromatic N) is 1. The van der Waals surface area contributed by atoms with Crippen LogP contribution in [0.15, 0.2) is 6.07 Å². The second kappa shape index (κ2) is 2.94. The number of hydrogen-bond donors (Lipinski definition) is 1. The van der Waals surface area contributed by atoms with Gasteiger partial charge in [0.1, 0.15) is 0 Å². The van der Waals surface area contributed by atoms with E-state index < -0.39 is 0 Å². The summed E-state index contributed by atoms with van der Waals surface area (Å²) in [5, 5.41) is 8.51. The fourth-order valence-electron chi connectivity index (χ4n) is 0.644. The van der Waals surface area contributed by atoms with Crippen LogP contribution in [0.4, 0.5) is 0 Å². The van der Waals surface area contributed by atoms with E-state index in [2.05, 4.69) is 4.37 Å². The molecule has 0 fully saturated rings. The van der Waals surface area contributed by atoms with Crippen molar-refractivity contribution in [1.82, 2.24) is 4.37 Å². The van der Waals surface area contributed by atoms with Crippen LogP contribution in [0.1, 0.15) is 10.6 Å². The average Bonchev–Trinajstić information content (AvgIpc) is 2.17. The first kappa shape index (κ1) is 6.71. The van der Waals surface area contributed by atoms with Gasteiger partial charge in [0.2, 0.25) is 0 Å². The Balaban J connectivity index is 2.61. The maximum atomic E-state index is 8.51. The number of aliphatic hydroxyl groups is 1. The molecule has 0 radical (unpaired) electrons. The van der Waals surface area contributed by atoms with Crippen molar-refractivity contribution in [2.45, 2.75) is 13.3 Å². The lowest BCUT2D eigenvalue weighted by Gasteiger charge is -1.84. The zero-order valence-electron chi connectivity index (χ0n) is 5.29. The van der Waals surface area contributed by atoms with Crippen LogP contribution in [0.5, 0.6) is 0 Å². The number of aryl methyl sites for hydroxylation is 1. The summed E-state index contributed by atoms with van der Waals surface area (Å²) >= 11 is 1.46. The number of aromatic nitrogens is 1. The van der Waals surface area contributed by atoms with E-state index >= 15 is 0 Å². The van der Waals surface area contributed by atoms with E-state index in [4.69, 9.17) is 5.11 Å². The van der Waals surface area contributed by atoms with Gasteiger partial charge < -0.3 is 5.11 Å². The molecule has 0 amide bonds. The van der Waals surface area contributed by atoms with E-state index in [1.165, 1.54) is 11.5 Å². The summed E-state index contributed by atoms with van der Waals surface area (Å²) in [7, 11) is 0. The first-order valence-electron chi connectivity index (χ1n) is 2.86. The molecule has 1 N–H and O–H groups in total. The summed E-state index contributed by atoms with van der Waals surface area (Å²) in [6, 6.07) is 2.00. The molecule has 1 heterocycles. The SMILES string of the molecule is Cc1cc(CCO)sn1. The average molecular weight is 143 g/mol. The molecule has 3 heteroatoms. The second-order valence-electron chi connectivity index (χ2n) is 1.91. The van der Waals surface area contributed by atoms with Crippen LogP contribution in [0.25, 0.3) is 0 Å². The van der Waals surface area contributed by atoms with Crippen LogP contribution in [0, 0.1) is 6.92 Å². The molecule has 0 spiro atoms. The van der Waals surface area contributed by atoms with E-state index in [1.54, 1.807) is 0 Å². The topological polar surface area (TPSA) is 33.1 Å². The molecule has 0 bridgehead atoms. The Morgan fingerprint density at radius 1 is 1.78 bits per heavy atom. The van der Waals surface area contributed by atoms with Crippen LogP contribution >= 0.6 is 11.5 Å². The van der Waals surface area contributed by atoms with Gasteiger partial charge in [-0.3, -0.25) is 0 Å². The molecule has 0 unspecified atom stereocenters. The molecule has 1 rings (SSSR count). The van der Waals surface area contributed by atoms with Gasteiger partial charge in [0.25, 0.3) is 0 Å². The first-order chi connectivity index (χ1) is 4.33. The van der Waals surface area contributed by atoms with Crippen LogP contribution < -0.4 is 0 Å². The molecule has 0 aliphatic heterocycles. The van der Waals surface area contributed by atoms with Gasteiger partial charge >= 0.3 is 0 Å². The molecule has 0 saturated carbocycles. The van der Waals surface area contributed by atoms with Gasteiger partial charge in [-0.05, 0) is 24.5 Å². The number of rotatable bonds is 2. The highest BCUT2D eigenvalue weighted by molar-refractivity contribution is 7.05. The number of aliphatic hydroxyl groups excluding tert-OH is 1. The molecule has 0 atom stereocenters. The Labute approximate surface area is 58.3 Å². The smallest absolute Gasteiger partial charge is 0.0514 e. The molecule has 0 aliphatic rings. The molecule has 0 aliphatic carbocycles. The van der Waals surface area contributed by atoms with Crippen LogP contribution in [0.2, 0.25) is 0 Å². The second-order valence-corrected chi connectivity index (χ2v) is 2.80. The lowest BCUT2D eigenvalue weighted by atomic mass is 10.3. The zero-order valence-corrected chi connectivity index (χ0v) is 6.11. The third-order valence-electron chi connectivity index (χ3n) is 1.03. The lowest BCUT2D eigenvalue weighted by Crippen LogP contribution is -1.84. The van der Waals surface area contributed by atoms with Crippen molar-refractivity contribution in [3.63, 3.8) is 0 Å². The number of hydrogen-bond acceptors (Lipinski definition) is 3. The summed E-state index contributed by atoms with van der Waals surface area (Å²) in [5.41, 5.74) is 1.04. The summed E-state index contributed by atoms with van der Waals surface area (Å²) < 4.78 is 4.07. The summed E-state index contributed by atoms with van der Waals surface area (Å²) in [4.78, 5) is 1.16. The van der Waals surface area contributed by atoms with Crippen molar-refractivity contribution in [3.8, 4) is 0 Å². The minimum Gasteiger partial charge on any atom is -0.396 e. The minimum absolute atomic E-state index is 0.224. The van der Waals surface area contributed by atoms with Crippen molar-refractivity contribution in [2.24, 2.45) is 0 Å². The van der Waals surface area contributed by atoms with Gasteiger partial charge in [0.15, 0.2) is 0 Å². The molecule has 2 nitrogen and oxygen atoms in total. The predicted molar refractivity (Wildman–Crippen MR) is 37.6 cm³/mol. The van der Waals surface area contributed by atoms with E-state index in [1.807, 2.05) is 13.0 Å². The molecule has 1 aromatic heterocycles. The Bertz CT molecular complexity index is 185. The third-order valence-corrected chi connectivity index (χ3v) is 1.97. The standard InChI is InChI=1S/C6H9NOS/c1-5-4-6(2-3-8)9-7-5/h4,8H,2-3H2,1H3. The Kier molecular flexibility index (Phi) is 2.19. The van der Waals surface area contributed by atoms with Crippen molar-refractivity contribution < 1.29 is 5.11 Å². The maximum absolute atomic E-state index is 8.51. The quantitative estimate of drug-likeness (QED) is 0.669. The summed E-state index contributed by atoms with van der Waals surface area (Å²) in [5.74, 6) is 0. The van der Waals surface area contributed by atoms with Crippen molar-refractivity contribution >= 4 is 11.5 Å². The maximum Gasteiger partial charge on any atom is 0.0514 e. The molecule has 1 aromatic rings. The normalized spacial score (nSPS) is 10.0. The lowest BCUT2D eigenvalue weighted by molar-refractivity contribution is 0.300. The monoisotopic (exact) mass is 143 g/mol. The molecular formula is C6H9NOS. The summed E-state index contributed by atoms with van der Waals surface area (Å²) in [6.07, 6.45) is 0.742.